The molecule has 27 heavy (non-hydrogen) atoms. The number of hydrogen-bond acceptors (Lipinski definition) is 5. The second-order valence-corrected chi connectivity index (χ2v) is 5.99. The number of rotatable bonds is 4. The number of ketones is 1. The highest BCUT2D eigenvalue weighted by Crippen LogP contribution is 2.27. The summed E-state index contributed by atoms with van der Waals surface area (Å²) in [4.78, 5) is 25.5. The smallest absolute Gasteiger partial charge is 0.340 e. The molecule has 6 nitrogen and oxygen atoms in total. The molecule has 0 aliphatic heterocycles. The van der Waals surface area contributed by atoms with Crippen LogP contribution >= 0.6 is 0 Å². The van der Waals surface area contributed by atoms with Crippen LogP contribution in [0, 0.1) is 0 Å². The molecule has 0 atom stereocenters. The summed E-state index contributed by atoms with van der Waals surface area (Å²) in [5.41, 5.74) is 1.57. The highest BCUT2D eigenvalue weighted by molar-refractivity contribution is 6.14. The van der Waals surface area contributed by atoms with Crippen LogP contribution in [0.4, 0.5) is 0 Å². The molecule has 0 aliphatic carbocycles. The second-order valence-electron chi connectivity index (χ2n) is 5.99. The molecule has 2 heterocycles. The van der Waals surface area contributed by atoms with Crippen LogP contribution in [-0.4, -0.2) is 35.6 Å². The molecular formula is C21H16N2O4. The Balaban J connectivity index is 2.00. The molecule has 2 aromatic carbocycles. The first kappa shape index (κ1) is 16.8. The van der Waals surface area contributed by atoms with Crippen LogP contribution in [0.3, 0.4) is 0 Å². The van der Waals surface area contributed by atoms with E-state index in [1.807, 2.05) is 24.3 Å². The average Bonchev–Trinajstić information content (AvgIpc) is 3.12. The predicted molar refractivity (Wildman–Crippen MR) is 100 cm³/mol. The lowest BCUT2D eigenvalue weighted by Gasteiger charge is -2.06. The van der Waals surface area contributed by atoms with E-state index in [0.717, 1.165) is 10.8 Å². The Morgan fingerprint density at radius 3 is 2.59 bits per heavy atom. The molecule has 0 N–H and O–H groups in total. The predicted octanol–water partition coefficient (Wildman–Crippen LogP) is 3.51. The topological polar surface area (TPSA) is 69.9 Å². The van der Waals surface area contributed by atoms with E-state index in [2.05, 4.69) is 5.10 Å². The van der Waals surface area contributed by atoms with Crippen molar-refractivity contribution < 1.29 is 19.1 Å². The maximum absolute atomic E-state index is 13.1. The fourth-order valence-corrected chi connectivity index (χ4v) is 3.16. The zero-order chi connectivity index (χ0) is 19.0. The first-order chi connectivity index (χ1) is 13.1. The minimum atomic E-state index is -0.518. The van der Waals surface area contributed by atoms with Crippen molar-refractivity contribution in [3.05, 3.63) is 77.6 Å². The first-order valence-corrected chi connectivity index (χ1v) is 8.30. The molecule has 0 fully saturated rings. The number of ether oxygens (including phenoxy) is 2. The number of carbonyl (C=O) groups is 2. The van der Waals surface area contributed by atoms with Gasteiger partial charge in [-0.25, -0.2) is 9.31 Å². The van der Waals surface area contributed by atoms with Gasteiger partial charge in [-0.2, -0.15) is 5.10 Å². The Labute approximate surface area is 154 Å². The molecular weight excluding hydrogens is 344 g/mol. The highest BCUT2D eigenvalue weighted by Gasteiger charge is 2.23. The maximum atomic E-state index is 13.1. The number of methoxy groups -OCH3 is 2. The number of aromatic nitrogens is 2. The number of fused-ring (bicyclic) bond motifs is 3. The zero-order valence-corrected chi connectivity index (χ0v) is 14.8. The van der Waals surface area contributed by atoms with Crippen molar-refractivity contribution in [3.8, 4) is 5.75 Å². The van der Waals surface area contributed by atoms with Crippen molar-refractivity contribution in [3.63, 3.8) is 0 Å². The standard InChI is InChI=1S/C21H16N2O4/c1-26-15-8-5-7-13(10-15)20(24)18-11-17(21(25)27-2)19-16-9-4-3-6-14(16)12-22-23(18)19/h3-12H,1-2H3. The summed E-state index contributed by atoms with van der Waals surface area (Å²) < 4.78 is 11.6. The molecule has 0 bridgehead atoms. The molecule has 4 aromatic rings. The lowest BCUT2D eigenvalue weighted by molar-refractivity contribution is 0.0603. The lowest BCUT2D eigenvalue weighted by Crippen LogP contribution is -2.07. The third-order valence-corrected chi connectivity index (χ3v) is 4.47. The second kappa shape index (κ2) is 6.57. The van der Waals surface area contributed by atoms with Gasteiger partial charge in [0, 0.05) is 16.3 Å². The van der Waals surface area contributed by atoms with Crippen molar-refractivity contribution in [2.24, 2.45) is 0 Å². The zero-order valence-electron chi connectivity index (χ0n) is 14.8. The SMILES string of the molecule is COC(=O)c1cc(C(=O)c2cccc(OC)c2)n2ncc3ccccc3c12. The molecule has 0 radical (unpaired) electrons. The third kappa shape index (κ3) is 2.71. The van der Waals surface area contributed by atoms with E-state index in [9.17, 15) is 9.59 Å². The third-order valence-electron chi connectivity index (χ3n) is 4.47. The average molecular weight is 360 g/mol. The van der Waals surface area contributed by atoms with E-state index >= 15 is 0 Å². The summed E-state index contributed by atoms with van der Waals surface area (Å²) in [5.74, 6) is -0.203. The van der Waals surface area contributed by atoms with Gasteiger partial charge in [-0.1, -0.05) is 36.4 Å². The summed E-state index contributed by atoms with van der Waals surface area (Å²) in [6.07, 6.45) is 1.67. The van der Waals surface area contributed by atoms with Crippen molar-refractivity contribution in [1.29, 1.82) is 0 Å². The van der Waals surface area contributed by atoms with Gasteiger partial charge in [0.2, 0.25) is 5.78 Å². The number of esters is 1. The number of benzene rings is 2. The molecule has 0 saturated heterocycles. The minimum Gasteiger partial charge on any atom is -0.497 e. The monoisotopic (exact) mass is 360 g/mol. The molecule has 134 valence electrons. The summed E-state index contributed by atoms with van der Waals surface area (Å²) in [6, 6.07) is 15.9. The van der Waals surface area contributed by atoms with E-state index in [4.69, 9.17) is 9.47 Å². The molecule has 2 aromatic heterocycles. The molecule has 0 saturated carbocycles. The van der Waals surface area contributed by atoms with Gasteiger partial charge in [-0.3, -0.25) is 4.79 Å². The van der Waals surface area contributed by atoms with Gasteiger partial charge in [0.1, 0.15) is 11.4 Å². The van der Waals surface area contributed by atoms with Gasteiger partial charge < -0.3 is 9.47 Å². The Hall–Kier alpha value is -3.67. The quantitative estimate of drug-likeness (QED) is 0.411. The highest BCUT2D eigenvalue weighted by atomic mass is 16.5. The molecule has 6 heteroatoms. The van der Waals surface area contributed by atoms with Gasteiger partial charge in [-0.15, -0.1) is 0 Å². The van der Waals surface area contributed by atoms with Crippen molar-refractivity contribution >= 4 is 28.0 Å². The Morgan fingerprint density at radius 1 is 1.00 bits per heavy atom. The molecule has 0 amide bonds. The largest absolute Gasteiger partial charge is 0.497 e. The van der Waals surface area contributed by atoms with Crippen molar-refractivity contribution in [2.75, 3.05) is 14.2 Å². The summed E-state index contributed by atoms with van der Waals surface area (Å²) in [5, 5.41) is 6.08. The summed E-state index contributed by atoms with van der Waals surface area (Å²) in [7, 11) is 2.85. The normalized spacial score (nSPS) is 10.9. The van der Waals surface area contributed by atoms with Crippen molar-refractivity contribution in [2.45, 2.75) is 0 Å². The van der Waals surface area contributed by atoms with E-state index in [-0.39, 0.29) is 11.5 Å². The van der Waals surface area contributed by atoms with E-state index in [1.54, 1.807) is 37.6 Å². The Kier molecular flexibility index (Phi) is 4.08. The fourth-order valence-electron chi connectivity index (χ4n) is 3.16. The fraction of sp³-hybridized carbons (Fsp3) is 0.0952. The van der Waals surface area contributed by atoms with Gasteiger partial charge in [0.15, 0.2) is 0 Å². The Bertz CT molecular complexity index is 1190. The minimum absolute atomic E-state index is 0.262. The van der Waals surface area contributed by atoms with Crippen LogP contribution in [0.1, 0.15) is 26.4 Å². The molecule has 0 aliphatic rings. The van der Waals surface area contributed by atoms with Gasteiger partial charge in [0.05, 0.1) is 31.5 Å². The first-order valence-electron chi connectivity index (χ1n) is 8.30. The van der Waals surface area contributed by atoms with Crippen molar-refractivity contribution in [1.82, 2.24) is 9.61 Å². The summed E-state index contributed by atoms with van der Waals surface area (Å²) >= 11 is 0. The summed E-state index contributed by atoms with van der Waals surface area (Å²) in [6.45, 7) is 0. The number of nitrogens with zero attached hydrogens (tertiary/aromatic N) is 2. The van der Waals surface area contributed by atoms with Crippen LogP contribution in [0.2, 0.25) is 0 Å². The molecule has 0 spiro atoms. The molecule has 0 unspecified atom stereocenters. The Morgan fingerprint density at radius 2 is 1.81 bits per heavy atom. The van der Waals surface area contributed by atoms with Gasteiger partial charge in [0.25, 0.3) is 0 Å². The maximum Gasteiger partial charge on any atom is 0.340 e. The van der Waals surface area contributed by atoms with E-state index < -0.39 is 5.97 Å². The lowest BCUT2D eigenvalue weighted by atomic mass is 10.1. The van der Waals surface area contributed by atoms with Crippen LogP contribution in [0.25, 0.3) is 16.3 Å². The number of hydrogen-bond donors (Lipinski definition) is 0. The number of carbonyl (C=O) groups excluding carboxylic acids is 2. The molecule has 4 rings (SSSR count). The van der Waals surface area contributed by atoms with Gasteiger partial charge >= 0.3 is 5.97 Å². The van der Waals surface area contributed by atoms with Crippen LogP contribution in [-0.2, 0) is 4.74 Å². The van der Waals surface area contributed by atoms with E-state index in [1.165, 1.54) is 17.7 Å². The van der Waals surface area contributed by atoms with E-state index in [0.29, 0.717) is 22.4 Å². The van der Waals surface area contributed by atoms with Crippen LogP contribution in [0.15, 0.2) is 60.8 Å². The van der Waals surface area contributed by atoms with Gasteiger partial charge in [-0.05, 0) is 18.2 Å². The van der Waals surface area contributed by atoms with Crippen LogP contribution in [0.5, 0.6) is 5.75 Å². The van der Waals surface area contributed by atoms with Crippen LogP contribution < -0.4 is 4.74 Å².